The minimum absolute atomic E-state index is 0.0602. The maximum absolute atomic E-state index is 13.9. The first kappa shape index (κ1) is 26.4. The predicted molar refractivity (Wildman–Crippen MR) is 146 cm³/mol. The largest absolute Gasteiger partial charge is 0.324 e. The number of nitrogens with zero attached hydrogens (tertiary/aromatic N) is 4. The van der Waals surface area contributed by atoms with E-state index in [1.807, 2.05) is 6.92 Å². The van der Waals surface area contributed by atoms with Crippen molar-refractivity contribution in [3.8, 4) is 0 Å². The molecular weight excluding hydrogens is 540 g/mol. The molecule has 12 heteroatoms. The standard InChI is InChI=1S/C27H23ClN6O4S/c1-17-14-30-27(31-15-17)33-25(35)18-6-9-22(10-7-18)39(37,38)34-16-19-5-8-20(28)12-23(19)32-26(36)24(34)13-21-4-2-3-11-29-21/h2-12,14-15,24H,13,16H2,1H3,(H,32,36)(H,30,31,33,35). The monoisotopic (exact) mass is 562 g/mol. The summed E-state index contributed by atoms with van der Waals surface area (Å²) in [6.07, 6.45) is 4.79. The van der Waals surface area contributed by atoms with E-state index in [1.54, 1.807) is 55.0 Å². The fraction of sp³-hybridized carbons (Fsp3) is 0.148. The molecule has 4 aromatic rings. The van der Waals surface area contributed by atoms with E-state index in [-0.39, 0.29) is 29.4 Å². The molecule has 0 saturated heterocycles. The van der Waals surface area contributed by atoms with Crippen LogP contribution in [0.5, 0.6) is 0 Å². The van der Waals surface area contributed by atoms with Crippen LogP contribution in [0, 0.1) is 6.92 Å². The van der Waals surface area contributed by atoms with E-state index in [1.165, 1.54) is 24.3 Å². The highest BCUT2D eigenvalue weighted by Gasteiger charge is 2.39. The number of sulfonamides is 1. The van der Waals surface area contributed by atoms with Crippen molar-refractivity contribution in [1.82, 2.24) is 19.3 Å². The molecule has 0 fully saturated rings. The van der Waals surface area contributed by atoms with E-state index in [4.69, 9.17) is 11.6 Å². The Morgan fingerprint density at radius 2 is 1.82 bits per heavy atom. The number of nitrogens with one attached hydrogen (secondary N) is 2. The molecule has 0 bridgehead atoms. The number of hydrogen-bond donors (Lipinski definition) is 2. The van der Waals surface area contributed by atoms with Gasteiger partial charge in [0, 0.05) is 53.5 Å². The van der Waals surface area contributed by atoms with Crippen LogP contribution in [0.1, 0.15) is 27.2 Å². The van der Waals surface area contributed by atoms with Gasteiger partial charge in [0.05, 0.1) is 4.90 Å². The van der Waals surface area contributed by atoms with Crippen LogP contribution in [0.2, 0.25) is 5.02 Å². The Balaban J connectivity index is 1.46. The number of aryl methyl sites for hydroxylation is 1. The Morgan fingerprint density at radius 1 is 1.08 bits per heavy atom. The van der Waals surface area contributed by atoms with Crippen molar-refractivity contribution in [2.24, 2.45) is 0 Å². The van der Waals surface area contributed by atoms with Gasteiger partial charge < -0.3 is 5.32 Å². The fourth-order valence-electron chi connectivity index (χ4n) is 4.14. The SMILES string of the molecule is Cc1cnc(NC(=O)c2ccc(S(=O)(=O)N3Cc4ccc(Cl)cc4NC(=O)C3Cc3ccccn3)cc2)nc1. The van der Waals surface area contributed by atoms with Gasteiger partial charge in [0.2, 0.25) is 21.9 Å². The lowest BCUT2D eigenvalue weighted by Crippen LogP contribution is -2.46. The van der Waals surface area contributed by atoms with Gasteiger partial charge in [-0.3, -0.25) is 19.9 Å². The van der Waals surface area contributed by atoms with Crippen molar-refractivity contribution in [3.63, 3.8) is 0 Å². The van der Waals surface area contributed by atoms with Gasteiger partial charge in [-0.1, -0.05) is 23.7 Å². The molecule has 39 heavy (non-hydrogen) atoms. The van der Waals surface area contributed by atoms with Crippen molar-refractivity contribution >= 4 is 45.1 Å². The molecule has 0 saturated carbocycles. The molecule has 0 aliphatic carbocycles. The van der Waals surface area contributed by atoms with Crippen LogP contribution >= 0.6 is 11.6 Å². The maximum atomic E-state index is 13.9. The van der Waals surface area contributed by atoms with E-state index in [9.17, 15) is 18.0 Å². The van der Waals surface area contributed by atoms with Gasteiger partial charge in [0.1, 0.15) is 6.04 Å². The Labute approximate surface area is 230 Å². The number of halogens is 1. The second-order valence-corrected chi connectivity index (χ2v) is 11.3. The molecule has 2 aromatic heterocycles. The first-order valence-corrected chi connectivity index (χ1v) is 13.7. The van der Waals surface area contributed by atoms with Gasteiger partial charge in [0.25, 0.3) is 5.91 Å². The van der Waals surface area contributed by atoms with Gasteiger partial charge in [-0.2, -0.15) is 4.31 Å². The van der Waals surface area contributed by atoms with Crippen LogP contribution in [0.25, 0.3) is 0 Å². The number of hydrogen-bond acceptors (Lipinski definition) is 7. The first-order chi connectivity index (χ1) is 18.7. The second kappa shape index (κ2) is 10.9. The number of aromatic nitrogens is 3. The quantitative estimate of drug-likeness (QED) is 0.364. The summed E-state index contributed by atoms with van der Waals surface area (Å²) in [7, 11) is -4.19. The molecular formula is C27H23ClN6O4S. The average molecular weight is 563 g/mol. The number of fused-ring (bicyclic) bond motifs is 1. The van der Waals surface area contributed by atoms with E-state index in [0.717, 1.165) is 9.87 Å². The smallest absolute Gasteiger partial charge is 0.258 e. The third-order valence-electron chi connectivity index (χ3n) is 6.16. The first-order valence-electron chi connectivity index (χ1n) is 11.9. The molecule has 2 aromatic carbocycles. The number of pyridine rings is 1. The van der Waals surface area contributed by atoms with Gasteiger partial charge in [-0.25, -0.2) is 18.4 Å². The summed E-state index contributed by atoms with van der Waals surface area (Å²) in [5.74, 6) is -0.857. The van der Waals surface area contributed by atoms with Gasteiger partial charge in [-0.05, 0) is 66.6 Å². The van der Waals surface area contributed by atoms with Gasteiger partial charge in [-0.15, -0.1) is 0 Å². The van der Waals surface area contributed by atoms with E-state index in [0.29, 0.717) is 22.0 Å². The van der Waals surface area contributed by atoms with Crippen molar-refractivity contribution < 1.29 is 18.0 Å². The highest BCUT2D eigenvalue weighted by molar-refractivity contribution is 7.89. The lowest BCUT2D eigenvalue weighted by Gasteiger charge is -2.27. The van der Waals surface area contributed by atoms with E-state index < -0.39 is 27.9 Å². The molecule has 1 aliphatic rings. The van der Waals surface area contributed by atoms with Crippen LogP contribution in [-0.2, 0) is 27.8 Å². The van der Waals surface area contributed by atoms with Crippen LogP contribution < -0.4 is 10.6 Å². The normalized spacial score (nSPS) is 15.6. The summed E-state index contributed by atoms with van der Waals surface area (Å²) >= 11 is 6.13. The predicted octanol–water partition coefficient (Wildman–Crippen LogP) is 3.84. The fourth-order valence-corrected chi connectivity index (χ4v) is 5.87. The zero-order valence-electron chi connectivity index (χ0n) is 20.7. The Morgan fingerprint density at radius 3 is 2.51 bits per heavy atom. The summed E-state index contributed by atoms with van der Waals surface area (Å²) in [5.41, 5.74) is 2.66. The number of rotatable bonds is 6. The number of benzene rings is 2. The topological polar surface area (TPSA) is 134 Å². The van der Waals surface area contributed by atoms with Crippen molar-refractivity contribution in [3.05, 3.63) is 107 Å². The summed E-state index contributed by atoms with van der Waals surface area (Å²) in [6.45, 7) is 1.76. The van der Waals surface area contributed by atoms with E-state index in [2.05, 4.69) is 25.6 Å². The van der Waals surface area contributed by atoms with Crippen LogP contribution in [0.15, 0.2) is 84.1 Å². The number of carbonyl (C=O) groups is 2. The number of carbonyl (C=O) groups excluding carboxylic acids is 2. The third-order valence-corrected chi connectivity index (χ3v) is 8.27. The van der Waals surface area contributed by atoms with Crippen molar-refractivity contribution in [2.75, 3.05) is 10.6 Å². The Hall–Kier alpha value is -4.19. The molecule has 3 heterocycles. The van der Waals surface area contributed by atoms with Crippen LogP contribution in [0.4, 0.5) is 11.6 Å². The molecule has 198 valence electrons. The lowest BCUT2D eigenvalue weighted by molar-refractivity contribution is -0.119. The summed E-state index contributed by atoms with van der Waals surface area (Å²) in [4.78, 5) is 38.3. The lowest BCUT2D eigenvalue weighted by atomic mass is 10.1. The second-order valence-electron chi connectivity index (χ2n) is 8.94. The minimum atomic E-state index is -4.19. The maximum Gasteiger partial charge on any atom is 0.258 e. The molecule has 1 aliphatic heterocycles. The zero-order chi connectivity index (χ0) is 27.6. The molecule has 5 rings (SSSR count). The molecule has 1 atom stereocenters. The van der Waals surface area contributed by atoms with Gasteiger partial charge >= 0.3 is 0 Å². The van der Waals surface area contributed by atoms with Crippen LogP contribution in [0.3, 0.4) is 0 Å². The third kappa shape index (κ3) is 5.80. The highest BCUT2D eigenvalue weighted by Crippen LogP contribution is 2.31. The zero-order valence-corrected chi connectivity index (χ0v) is 22.3. The number of amides is 2. The van der Waals surface area contributed by atoms with Crippen LogP contribution in [-0.4, -0.2) is 45.5 Å². The summed E-state index contributed by atoms with van der Waals surface area (Å²) < 4.78 is 29.1. The Bertz CT molecular complexity index is 1630. The van der Waals surface area contributed by atoms with E-state index >= 15 is 0 Å². The molecule has 10 nitrogen and oxygen atoms in total. The molecule has 2 amide bonds. The summed E-state index contributed by atoms with van der Waals surface area (Å²) in [6, 6.07) is 14.6. The minimum Gasteiger partial charge on any atom is -0.324 e. The highest BCUT2D eigenvalue weighted by atomic mass is 35.5. The molecule has 0 spiro atoms. The van der Waals surface area contributed by atoms with Crippen molar-refractivity contribution in [1.29, 1.82) is 0 Å². The summed E-state index contributed by atoms with van der Waals surface area (Å²) in [5, 5.41) is 5.81. The Kier molecular flexibility index (Phi) is 7.38. The van der Waals surface area contributed by atoms with Crippen molar-refractivity contribution in [2.45, 2.75) is 30.8 Å². The molecule has 1 unspecified atom stereocenters. The van der Waals surface area contributed by atoms with Gasteiger partial charge in [0.15, 0.2) is 0 Å². The molecule has 2 N–H and O–H groups in total. The number of anilines is 2. The average Bonchev–Trinajstić information content (AvgIpc) is 3.06. The molecule has 0 radical (unpaired) electrons.